The Hall–Kier alpha value is -1.87. The average molecular weight is 261 g/mol. The molecule has 0 unspecified atom stereocenters. The zero-order chi connectivity index (χ0) is 13.1. The monoisotopic (exact) mass is 260 g/mol. The first-order chi connectivity index (χ1) is 8.59. The van der Waals surface area contributed by atoms with E-state index >= 15 is 0 Å². The standard InChI is InChI=1S/C14H13ClN2O/c1-10-5-3-4-6-12(10)17(2)14(18)11-7-8-13(15)16-9-11/h3-9H,1-2H3. The number of aromatic nitrogens is 1. The number of carbonyl (C=O) groups excluding carboxylic acids is 1. The van der Waals surface area contributed by atoms with Gasteiger partial charge in [0.05, 0.1) is 5.56 Å². The first kappa shape index (κ1) is 12.6. The van der Waals surface area contributed by atoms with E-state index in [2.05, 4.69) is 4.98 Å². The number of rotatable bonds is 2. The summed E-state index contributed by atoms with van der Waals surface area (Å²) in [7, 11) is 1.75. The second kappa shape index (κ2) is 5.19. The number of anilines is 1. The number of nitrogens with zero attached hydrogens (tertiary/aromatic N) is 2. The molecule has 0 atom stereocenters. The van der Waals surface area contributed by atoms with Crippen LogP contribution in [0.5, 0.6) is 0 Å². The van der Waals surface area contributed by atoms with Crippen LogP contribution < -0.4 is 4.90 Å². The van der Waals surface area contributed by atoms with Gasteiger partial charge in [0.2, 0.25) is 0 Å². The summed E-state index contributed by atoms with van der Waals surface area (Å²) in [6.07, 6.45) is 1.49. The summed E-state index contributed by atoms with van der Waals surface area (Å²) in [5, 5.41) is 0.380. The highest BCUT2D eigenvalue weighted by Crippen LogP contribution is 2.20. The number of para-hydroxylation sites is 1. The highest BCUT2D eigenvalue weighted by Gasteiger charge is 2.14. The second-order valence-electron chi connectivity index (χ2n) is 4.02. The number of pyridine rings is 1. The van der Waals surface area contributed by atoms with Gasteiger partial charge in [0.1, 0.15) is 5.15 Å². The van der Waals surface area contributed by atoms with Crippen LogP contribution in [0.2, 0.25) is 5.15 Å². The molecule has 1 amide bonds. The molecule has 0 bridgehead atoms. The number of hydrogen-bond acceptors (Lipinski definition) is 2. The number of carbonyl (C=O) groups is 1. The maximum atomic E-state index is 12.3. The molecule has 1 aromatic heterocycles. The minimum Gasteiger partial charge on any atom is -0.311 e. The van der Waals surface area contributed by atoms with Crippen molar-refractivity contribution in [2.75, 3.05) is 11.9 Å². The van der Waals surface area contributed by atoms with E-state index in [9.17, 15) is 4.79 Å². The van der Waals surface area contributed by atoms with Gasteiger partial charge >= 0.3 is 0 Å². The Kier molecular flexibility index (Phi) is 3.63. The van der Waals surface area contributed by atoms with E-state index < -0.39 is 0 Å². The lowest BCUT2D eigenvalue weighted by atomic mass is 10.1. The van der Waals surface area contributed by atoms with Crippen molar-refractivity contribution >= 4 is 23.2 Å². The van der Waals surface area contributed by atoms with E-state index in [0.29, 0.717) is 10.7 Å². The predicted molar refractivity (Wildman–Crippen MR) is 73.2 cm³/mol. The fraction of sp³-hybridized carbons (Fsp3) is 0.143. The third kappa shape index (κ3) is 2.51. The number of aryl methyl sites for hydroxylation is 1. The van der Waals surface area contributed by atoms with Gasteiger partial charge in [0.15, 0.2) is 0 Å². The Labute approximate surface area is 111 Å². The van der Waals surface area contributed by atoms with E-state index in [1.54, 1.807) is 24.1 Å². The van der Waals surface area contributed by atoms with Crippen LogP contribution in [-0.2, 0) is 0 Å². The molecule has 0 aliphatic heterocycles. The zero-order valence-corrected chi connectivity index (χ0v) is 11.0. The molecule has 0 saturated heterocycles. The molecule has 0 aliphatic carbocycles. The highest BCUT2D eigenvalue weighted by molar-refractivity contribution is 6.29. The van der Waals surface area contributed by atoms with Gasteiger partial charge in [0, 0.05) is 18.9 Å². The third-order valence-corrected chi connectivity index (χ3v) is 2.98. The molecule has 3 nitrogen and oxygen atoms in total. The maximum Gasteiger partial charge on any atom is 0.259 e. The van der Waals surface area contributed by atoms with Crippen LogP contribution in [0.1, 0.15) is 15.9 Å². The van der Waals surface area contributed by atoms with Crippen molar-refractivity contribution in [2.45, 2.75) is 6.92 Å². The Morgan fingerprint density at radius 3 is 2.56 bits per heavy atom. The lowest BCUT2D eigenvalue weighted by molar-refractivity contribution is 0.0992. The minimum atomic E-state index is -0.103. The lowest BCUT2D eigenvalue weighted by Gasteiger charge is -2.19. The van der Waals surface area contributed by atoms with Gasteiger partial charge in [-0.05, 0) is 30.7 Å². The molecule has 18 heavy (non-hydrogen) atoms. The van der Waals surface area contributed by atoms with Gasteiger partial charge in [-0.25, -0.2) is 4.98 Å². The molecule has 2 aromatic rings. The van der Waals surface area contributed by atoms with Crippen LogP contribution in [0.15, 0.2) is 42.6 Å². The second-order valence-corrected chi connectivity index (χ2v) is 4.41. The van der Waals surface area contributed by atoms with Gasteiger partial charge in [-0.1, -0.05) is 29.8 Å². The van der Waals surface area contributed by atoms with Crippen LogP contribution in [-0.4, -0.2) is 17.9 Å². The molecule has 0 fully saturated rings. The third-order valence-electron chi connectivity index (χ3n) is 2.76. The van der Waals surface area contributed by atoms with E-state index in [4.69, 9.17) is 11.6 Å². The van der Waals surface area contributed by atoms with E-state index in [1.807, 2.05) is 31.2 Å². The van der Waals surface area contributed by atoms with Gasteiger partial charge in [-0.15, -0.1) is 0 Å². The normalized spacial score (nSPS) is 10.2. The molecule has 0 spiro atoms. The fourth-order valence-corrected chi connectivity index (χ4v) is 1.86. The van der Waals surface area contributed by atoms with E-state index in [-0.39, 0.29) is 5.91 Å². The summed E-state index contributed by atoms with van der Waals surface area (Å²) in [6, 6.07) is 11.0. The molecular formula is C14H13ClN2O. The molecule has 4 heteroatoms. The number of amides is 1. The van der Waals surface area contributed by atoms with Crippen molar-refractivity contribution in [3.8, 4) is 0 Å². The summed E-state index contributed by atoms with van der Waals surface area (Å²) in [5.41, 5.74) is 2.46. The summed E-state index contributed by atoms with van der Waals surface area (Å²) >= 11 is 5.70. The first-order valence-corrected chi connectivity index (χ1v) is 5.92. The maximum absolute atomic E-state index is 12.3. The van der Waals surface area contributed by atoms with E-state index in [1.165, 1.54) is 6.20 Å². The average Bonchev–Trinajstić information content (AvgIpc) is 2.38. The van der Waals surface area contributed by atoms with Crippen molar-refractivity contribution in [1.29, 1.82) is 0 Å². The Bertz CT molecular complexity index is 566. The molecule has 1 aromatic carbocycles. The summed E-state index contributed by atoms with van der Waals surface area (Å²) in [6.45, 7) is 1.97. The fourth-order valence-electron chi connectivity index (χ4n) is 1.75. The Morgan fingerprint density at radius 2 is 1.94 bits per heavy atom. The van der Waals surface area contributed by atoms with Crippen molar-refractivity contribution in [2.24, 2.45) is 0 Å². The predicted octanol–water partition coefficient (Wildman–Crippen LogP) is 3.32. The van der Waals surface area contributed by atoms with Crippen LogP contribution in [0, 0.1) is 6.92 Å². The van der Waals surface area contributed by atoms with Gasteiger partial charge in [-0.3, -0.25) is 4.79 Å². The van der Waals surface area contributed by atoms with Crippen LogP contribution >= 0.6 is 11.6 Å². The van der Waals surface area contributed by atoms with Crippen molar-refractivity contribution < 1.29 is 4.79 Å². The largest absolute Gasteiger partial charge is 0.311 e. The van der Waals surface area contributed by atoms with Crippen molar-refractivity contribution in [3.05, 3.63) is 58.9 Å². The highest BCUT2D eigenvalue weighted by atomic mass is 35.5. The first-order valence-electron chi connectivity index (χ1n) is 5.55. The molecule has 0 saturated carbocycles. The Morgan fingerprint density at radius 1 is 1.22 bits per heavy atom. The number of hydrogen-bond donors (Lipinski definition) is 0. The molecule has 2 rings (SSSR count). The van der Waals surface area contributed by atoms with Crippen LogP contribution in [0.4, 0.5) is 5.69 Å². The van der Waals surface area contributed by atoms with Crippen LogP contribution in [0.3, 0.4) is 0 Å². The molecule has 0 N–H and O–H groups in total. The SMILES string of the molecule is Cc1ccccc1N(C)C(=O)c1ccc(Cl)nc1. The molecule has 0 aliphatic rings. The van der Waals surface area contributed by atoms with Gasteiger partial charge in [0.25, 0.3) is 5.91 Å². The Balaban J connectivity index is 2.29. The summed E-state index contributed by atoms with van der Waals surface area (Å²) in [5.74, 6) is -0.103. The molecule has 1 heterocycles. The molecule has 0 radical (unpaired) electrons. The molecule has 92 valence electrons. The zero-order valence-electron chi connectivity index (χ0n) is 10.2. The molecular weight excluding hydrogens is 248 g/mol. The smallest absolute Gasteiger partial charge is 0.259 e. The van der Waals surface area contributed by atoms with E-state index in [0.717, 1.165) is 11.3 Å². The summed E-state index contributed by atoms with van der Waals surface area (Å²) < 4.78 is 0. The van der Waals surface area contributed by atoms with Gasteiger partial charge in [-0.2, -0.15) is 0 Å². The van der Waals surface area contributed by atoms with Crippen LogP contribution in [0.25, 0.3) is 0 Å². The minimum absolute atomic E-state index is 0.103. The number of halogens is 1. The van der Waals surface area contributed by atoms with Crippen molar-refractivity contribution in [3.63, 3.8) is 0 Å². The summed E-state index contributed by atoms with van der Waals surface area (Å²) in [4.78, 5) is 17.8. The topological polar surface area (TPSA) is 33.2 Å². The quantitative estimate of drug-likeness (QED) is 0.776. The number of benzene rings is 1. The lowest BCUT2D eigenvalue weighted by Crippen LogP contribution is -2.26. The van der Waals surface area contributed by atoms with Crippen molar-refractivity contribution in [1.82, 2.24) is 4.98 Å². The van der Waals surface area contributed by atoms with Gasteiger partial charge < -0.3 is 4.90 Å².